The van der Waals surface area contributed by atoms with Gasteiger partial charge in [-0.2, -0.15) is 0 Å². The number of benzene rings is 2. The summed E-state index contributed by atoms with van der Waals surface area (Å²) in [5.74, 6) is -0.127. The second-order valence-corrected chi connectivity index (χ2v) is 7.35. The molecule has 0 aliphatic rings. The zero-order chi connectivity index (χ0) is 18.6. The Balaban J connectivity index is 2.00. The van der Waals surface area contributed by atoms with Crippen molar-refractivity contribution in [3.05, 3.63) is 75.3 Å². The van der Waals surface area contributed by atoms with Crippen molar-refractivity contribution in [3.8, 4) is 0 Å². The molecule has 0 heterocycles. The van der Waals surface area contributed by atoms with Crippen LogP contribution in [-0.2, 0) is 12.0 Å². The molecule has 0 saturated carbocycles. The van der Waals surface area contributed by atoms with Crippen LogP contribution >= 0.6 is 0 Å². The number of non-ortho nitro benzene ring substituents is 1. The van der Waals surface area contributed by atoms with Crippen LogP contribution < -0.4 is 0 Å². The highest BCUT2D eigenvalue weighted by molar-refractivity contribution is 5.98. The third kappa shape index (κ3) is 5.22. The van der Waals surface area contributed by atoms with Gasteiger partial charge in [0.2, 0.25) is 0 Å². The van der Waals surface area contributed by atoms with Gasteiger partial charge < -0.3 is 0 Å². The van der Waals surface area contributed by atoms with Crippen molar-refractivity contribution < 1.29 is 9.72 Å². The highest BCUT2D eigenvalue weighted by atomic mass is 16.6. The normalized spacial score (nSPS) is 11.6. The van der Waals surface area contributed by atoms with Crippen LogP contribution in [0, 0.1) is 10.1 Å². The van der Waals surface area contributed by atoms with E-state index in [1.54, 1.807) is 6.07 Å². The molecule has 0 fully saturated rings. The molecule has 2 aromatic rings. The van der Waals surface area contributed by atoms with Crippen LogP contribution in [0.15, 0.2) is 48.5 Å². The van der Waals surface area contributed by atoms with E-state index in [-0.39, 0.29) is 23.4 Å². The van der Waals surface area contributed by atoms with Crippen LogP contribution in [-0.4, -0.2) is 29.2 Å². The predicted octanol–water partition coefficient (Wildman–Crippen LogP) is 4.21. The van der Waals surface area contributed by atoms with Gasteiger partial charge in [0.1, 0.15) is 0 Å². The predicted molar refractivity (Wildman–Crippen MR) is 98.9 cm³/mol. The van der Waals surface area contributed by atoms with E-state index in [1.165, 1.54) is 23.8 Å². The van der Waals surface area contributed by atoms with Crippen molar-refractivity contribution in [3.63, 3.8) is 0 Å². The quantitative estimate of drug-likeness (QED) is 0.449. The smallest absolute Gasteiger partial charge is 0.270 e. The fourth-order valence-corrected chi connectivity index (χ4v) is 2.61. The number of nitro groups is 1. The molecule has 132 valence electrons. The Hall–Kier alpha value is -2.53. The fraction of sp³-hybridized carbons (Fsp3) is 0.350. The molecule has 0 atom stereocenters. The van der Waals surface area contributed by atoms with Gasteiger partial charge in [0, 0.05) is 24.2 Å². The minimum absolute atomic E-state index is 0.0636. The SMILES string of the molecule is CN(CC(=O)c1cccc([N+](=O)[O-])c1)Cc1ccc(C(C)(C)C)cc1. The molecule has 0 radical (unpaired) electrons. The zero-order valence-electron chi connectivity index (χ0n) is 15.2. The number of Topliss-reactive ketones (excluding diaryl/α,β-unsaturated/α-hetero) is 1. The Morgan fingerprint density at radius 3 is 2.32 bits per heavy atom. The maximum Gasteiger partial charge on any atom is 0.270 e. The van der Waals surface area contributed by atoms with Crippen molar-refractivity contribution in [2.24, 2.45) is 0 Å². The molecule has 0 aromatic heterocycles. The summed E-state index contributed by atoms with van der Waals surface area (Å²) in [7, 11) is 1.87. The molecule has 5 nitrogen and oxygen atoms in total. The lowest BCUT2D eigenvalue weighted by Crippen LogP contribution is -2.25. The first kappa shape index (κ1) is 18.8. The van der Waals surface area contributed by atoms with Gasteiger partial charge in [0.15, 0.2) is 5.78 Å². The average Bonchev–Trinajstić information content (AvgIpc) is 2.54. The van der Waals surface area contributed by atoms with Gasteiger partial charge in [-0.15, -0.1) is 0 Å². The van der Waals surface area contributed by atoms with Crippen molar-refractivity contribution >= 4 is 11.5 Å². The Morgan fingerprint density at radius 2 is 1.76 bits per heavy atom. The molecular weight excluding hydrogens is 316 g/mol. The average molecular weight is 340 g/mol. The lowest BCUT2D eigenvalue weighted by atomic mass is 9.87. The van der Waals surface area contributed by atoms with E-state index in [2.05, 4.69) is 45.0 Å². The minimum Gasteiger partial charge on any atom is -0.295 e. The van der Waals surface area contributed by atoms with Crippen molar-refractivity contribution in [1.82, 2.24) is 4.90 Å². The third-order valence-corrected chi connectivity index (χ3v) is 4.06. The van der Waals surface area contributed by atoms with Gasteiger partial charge in [0.25, 0.3) is 5.69 Å². The van der Waals surface area contributed by atoms with Crippen LogP contribution in [0.5, 0.6) is 0 Å². The maximum absolute atomic E-state index is 12.3. The number of hydrogen-bond acceptors (Lipinski definition) is 4. The lowest BCUT2D eigenvalue weighted by Gasteiger charge is -2.20. The number of rotatable bonds is 6. The second kappa shape index (κ2) is 7.57. The van der Waals surface area contributed by atoms with Gasteiger partial charge in [-0.05, 0) is 23.6 Å². The van der Waals surface area contributed by atoms with E-state index in [0.29, 0.717) is 12.1 Å². The summed E-state index contributed by atoms with van der Waals surface area (Å²) >= 11 is 0. The first-order chi connectivity index (χ1) is 11.7. The monoisotopic (exact) mass is 340 g/mol. The number of nitrogens with zero attached hydrogens (tertiary/aromatic N) is 2. The van der Waals surface area contributed by atoms with E-state index in [9.17, 15) is 14.9 Å². The Bertz CT molecular complexity index is 761. The molecule has 0 aliphatic heterocycles. The zero-order valence-corrected chi connectivity index (χ0v) is 15.2. The number of carbonyl (C=O) groups is 1. The van der Waals surface area contributed by atoms with E-state index in [0.717, 1.165) is 5.56 Å². The van der Waals surface area contributed by atoms with E-state index < -0.39 is 4.92 Å². The van der Waals surface area contributed by atoms with Gasteiger partial charge in [-0.3, -0.25) is 19.8 Å². The van der Waals surface area contributed by atoms with Crippen LogP contribution in [0.4, 0.5) is 5.69 Å². The minimum atomic E-state index is -0.489. The summed E-state index contributed by atoms with van der Waals surface area (Å²) in [6.07, 6.45) is 0. The highest BCUT2D eigenvalue weighted by Gasteiger charge is 2.15. The third-order valence-electron chi connectivity index (χ3n) is 4.06. The van der Waals surface area contributed by atoms with Crippen molar-refractivity contribution in [2.75, 3.05) is 13.6 Å². The number of ketones is 1. The van der Waals surface area contributed by atoms with Gasteiger partial charge in [-0.25, -0.2) is 0 Å². The molecule has 25 heavy (non-hydrogen) atoms. The van der Waals surface area contributed by atoms with E-state index in [4.69, 9.17) is 0 Å². The summed E-state index contributed by atoms with van der Waals surface area (Å²) in [5, 5.41) is 10.8. The molecule has 0 aliphatic carbocycles. The molecule has 0 N–H and O–H groups in total. The number of carbonyl (C=O) groups excluding carboxylic acids is 1. The molecule has 0 saturated heterocycles. The maximum atomic E-state index is 12.3. The molecule has 0 spiro atoms. The van der Waals surface area contributed by atoms with Gasteiger partial charge in [0.05, 0.1) is 11.5 Å². The molecule has 0 amide bonds. The molecule has 2 rings (SSSR count). The highest BCUT2D eigenvalue weighted by Crippen LogP contribution is 2.22. The van der Waals surface area contributed by atoms with E-state index in [1.807, 2.05) is 11.9 Å². The summed E-state index contributed by atoms with van der Waals surface area (Å²) < 4.78 is 0. The number of nitro benzene ring substituents is 1. The van der Waals surface area contributed by atoms with E-state index >= 15 is 0 Å². The largest absolute Gasteiger partial charge is 0.295 e. The van der Waals surface area contributed by atoms with Gasteiger partial charge in [-0.1, -0.05) is 57.2 Å². The standard InChI is InChI=1S/C20H24N2O3/c1-20(2,3)17-10-8-15(9-11-17)13-21(4)14-19(23)16-6-5-7-18(12-16)22(24)25/h5-12H,13-14H2,1-4H3. The van der Waals surface area contributed by atoms with Crippen LogP contribution in [0.2, 0.25) is 0 Å². The summed E-state index contributed by atoms with van der Waals surface area (Å²) in [6, 6.07) is 14.3. The lowest BCUT2D eigenvalue weighted by molar-refractivity contribution is -0.384. The van der Waals surface area contributed by atoms with Crippen molar-refractivity contribution in [1.29, 1.82) is 0 Å². The Kier molecular flexibility index (Phi) is 5.69. The number of hydrogen-bond donors (Lipinski definition) is 0. The summed E-state index contributed by atoms with van der Waals surface area (Å²) in [6.45, 7) is 7.37. The fourth-order valence-electron chi connectivity index (χ4n) is 2.61. The summed E-state index contributed by atoms with van der Waals surface area (Å²) in [4.78, 5) is 24.6. The second-order valence-electron chi connectivity index (χ2n) is 7.35. The molecular formula is C20H24N2O3. The first-order valence-electron chi connectivity index (χ1n) is 8.22. The molecule has 0 bridgehead atoms. The molecule has 2 aromatic carbocycles. The Morgan fingerprint density at radius 1 is 1.12 bits per heavy atom. The number of likely N-dealkylation sites (N-methyl/N-ethyl adjacent to an activating group) is 1. The molecule has 5 heteroatoms. The van der Waals surface area contributed by atoms with Crippen LogP contribution in [0.25, 0.3) is 0 Å². The summed E-state index contributed by atoms with van der Waals surface area (Å²) in [5.41, 5.74) is 2.81. The molecule has 0 unspecified atom stereocenters. The van der Waals surface area contributed by atoms with Crippen LogP contribution in [0.3, 0.4) is 0 Å². The topological polar surface area (TPSA) is 63.5 Å². The van der Waals surface area contributed by atoms with Crippen LogP contribution in [0.1, 0.15) is 42.3 Å². The van der Waals surface area contributed by atoms with Crippen molar-refractivity contribution in [2.45, 2.75) is 32.7 Å². The van der Waals surface area contributed by atoms with Gasteiger partial charge >= 0.3 is 0 Å². The first-order valence-corrected chi connectivity index (χ1v) is 8.22. The Labute approximate surface area is 148 Å².